The third-order valence-corrected chi connectivity index (χ3v) is 2.36. The van der Waals surface area contributed by atoms with Crippen molar-refractivity contribution >= 4 is 17.7 Å². The fourth-order valence-electron chi connectivity index (χ4n) is 1.41. The topological polar surface area (TPSA) is 79.3 Å². The van der Waals surface area contributed by atoms with Gasteiger partial charge < -0.3 is 10.4 Å². The summed E-state index contributed by atoms with van der Waals surface area (Å²) in [6, 6.07) is 5.16. The average Bonchev–Trinajstić information content (AvgIpc) is 2.98. The Hall–Kier alpha value is -1.91. The monoisotopic (exact) mass is 206 g/mol. The Morgan fingerprint density at radius 3 is 2.73 bits per heavy atom. The molecule has 2 atom stereocenters. The lowest BCUT2D eigenvalue weighted by atomic mass is 10.3. The molecule has 1 amide bonds. The maximum atomic E-state index is 11.5. The largest absolute Gasteiger partial charge is 0.481 e. The van der Waals surface area contributed by atoms with Crippen LogP contribution in [0.25, 0.3) is 0 Å². The Labute approximate surface area is 86.1 Å². The molecule has 0 aromatic carbocycles. The number of carboxylic acids is 1. The summed E-state index contributed by atoms with van der Waals surface area (Å²) in [6.45, 7) is 0. The zero-order valence-corrected chi connectivity index (χ0v) is 7.88. The molecular formula is C10H10N2O3. The van der Waals surface area contributed by atoms with E-state index < -0.39 is 17.8 Å². The lowest BCUT2D eigenvalue weighted by molar-refractivity contribution is -0.139. The lowest BCUT2D eigenvalue weighted by Gasteiger charge is -2.01. The Balaban J connectivity index is 1.92. The van der Waals surface area contributed by atoms with Crippen LogP contribution in [0.5, 0.6) is 0 Å². The molecule has 15 heavy (non-hydrogen) atoms. The van der Waals surface area contributed by atoms with Gasteiger partial charge in [-0.25, -0.2) is 4.98 Å². The molecule has 1 fully saturated rings. The first-order valence-electron chi connectivity index (χ1n) is 4.63. The molecule has 0 aliphatic heterocycles. The molecular weight excluding hydrogens is 196 g/mol. The third kappa shape index (κ3) is 2.12. The van der Waals surface area contributed by atoms with E-state index in [0.717, 1.165) is 0 Å². The van der Waals surface area contributed by atoms with Crippen molar-refractivity contribution in [2.45, 2.75) is 6.42 Å². The van der Waals surface area contributed by atoms with Crippen LogP contribution in [0.15, 0.2) is 24.4 Å². The van der Waals surface area contributed by atoms with E-state index in [1.54, 1.807) is 24.4 Å². The van der Waals surface area contributed by atoms with Crippen LogP contribution >= 0.6 is 0 Å². The highest BCUT2D eigenvalue weighted by Crippen LogP contribution is 2.39. The van der Waals surface area contributed by atoms with Gasteiger partial charge in [-0.05, 0) is 18.6 Å². The summed E-state index contributed by atoms with van der Waals surface area (Å²) in [5.74, 6) is -1.63. The molecule has 1 aromatic rings. The molecule has 5 nitrogen and oxygen atoms in total. The number of aromatic nitrogens is 1. The summed E-state index contributed by atoms with van der Waals surface area (Å²) >= 11 is 0. The van der Waals surface area contributed by atoms with Gasteiger partial charge in [0.15, 0.2) is 0 Å². The number of carbonyl (C=O) groups excluding carboxylic acids is 1. The van der Waals surface area contributed by atoms with Gasteiger partial charge in [0.25, 0.3) is 0 Å². The van der Waals surface area contributed by atoms with Gasteiger partial charge in [0.05, 0.1) is 11.8 Å². The van der Waals surface area contributed by atoms with Crippen molar-refractivity contribution in [2.75, 3.05) is 5.32 Å². The summed E-state index contributed by atoms with van der Waals surface area (Å²) in [4.78, 5) is 25.9. The fraction of sp³-hybridized carbons (Fsp3) is 0.300. The molecule has 0 radical (unpaired) electrons. The van der Waals surface area contributed by atoms with Crippen molar-refractivity contribution in [3.8, 4) is 0 Å². The van der Waals surface area contributed by atoms with Crippen molar-refractivity contribution in [1.82, 2.24) is 4.98 Å². The second-order valence-electron chi connectivity index (χ2n) is 3.49. The average molecular weight is 206 g/mol. The highest BCUT2D eigenvalue weighted by atomic mass is 16.4. The highest BCUT2D eigenvalue weighted by Gasteiger charge is 2.48. The number of nitrogens with one attached hydrogen (secondary N) is 1. The first kappa shape index (κ1) is 9.64. The van der Waals surface area contributed by atoms with Crippen molar-refractivity contribution in [1.29, 1.82) is 0 Å². The van der Waals surface area contributed by atoms with E-state index in [1.165, 1.54) is 0 Å². The molecule has 1 aliphatic carbocycles. The molecule has 1 aromatic heterocycles. The zero-order chi connectivity index (χ0) is 10.8. The Morgan fingerprint density at radius 2 is 2.20 bits per heavy atom. The minimum absolute atomic E-state index is 0.263. The third-order valence-electron chi connectivity index (χ3n) is 2.36. The van der Waals surface area contributed by atoms with E-state index in [-0.39, 0.29) is 5.91 Å². The Kier molecular flexibility index (Phi) is 2.37. The molecule has 0 spiro atoms. The number of carboxylic acid groups (broad SMARTS) is 1. The van der Waals surface area contributed by atoms with Gasteiger partial charge in [-0.3, -0.25) is 9.59 Å². The molecule has 5 heteroatoms. The highest BCUT2D eigenvalue weighted by molar-refractivity contribution is 5.97. The van der Waals surface area contributed by atoms with Crippen LogP contribution in [-0.2, 0) is 9.59 Å². The Bertz CT molecular complexity index is 391. The van der Waals surface area contributed by atoms with Gasteiger partial charge in [-0.15, -0.1) is 0 Å². The fourth-order valence-corrected chi connectivity index (χ4v) is 1.41. The zero-order valence-electron chi connectivity index (χ0n) is 7.88. The van der Waals surface area contributed by atoms with E-state index in [4.69, 9.17) is 5.11 Å². The van der Waals surface area contributed by atoms with Crippen molar-refractivity contribution in [3.63, 3.8) is 0 Å². The standard InChI is InChI=1S/C10H10N2O3/c13-9(6-5-7(6)10(14)15)12-8-3-1-2-4-11-8/h1-4,6-7H,5H2,(H,14,15)(H,11,12,13)/t6-,7+/m1/s1. The number of hydrogen-bond donors (Lipinski definition) is 2. The normalized spacial score (nSPS) is 23.2. The summed E-state index contributed by atoms with van der Waals surface area (Å²) in [5.41, 5.74) is 0. The lowest BCUT2D eigenvalue weighted by Crippen LogP contribution is -2.17. The van der Waals surface area contributed by atoms with Crippen LogP contribution < -0.4 is 5.32 Å². The summed E-state index contributed by atoms with van der Waals surface area (Å²) in [6.07, 6.45) is 1.99. The molecule has 2 rings (SSSR count). The Morgan fingerprint density at radius 1 is 1.40 bits per heavy atom. The summed E-state index contributed by atoms with van der Waals surface area (Å²) < 4.78 is 0. The van der Waals surface area contributed by atoms with Crippen LogP contribution in [0, 0.1) is 11.8 Å². The smallest absolute Gasteiger partial charge is 0.307 e. The molecule has 78 valence electrons. The predicted molar refractivity (Wildman–Crippen MR) is 52.1 cm³/mol. The number of amides is 1. The number of nitrogens with zero attached hydrogens (tertiary/aromatic N) is 1. The molecule has 0 unspecified atom stereocenters. The number of pyridine rings is 1. The number of aliphatic carboxylic acids is 1. The van der Waals surface area contributed by atoms with Gasteiger partial charge in [0.2, 0.25) is 5.91 Å². The molecule has 0 bridgehead atoms. The number of rotatable bonds is 3. The van der Waals surface area contributed by atoms with Gasteiger partial charge >= 0.3 is 5.97 Å². The van der Waals surface area contributed by atoms with Crippen molar-refractivity contribution in [2.24, 2.45) is 11.8 Å². The van der Waals surface area contributed by atoms with Crippen LogP contribution in [0.3, 0.4) is 0 Å². The molecule has 1 aliphatic rings. The number of carbonyl (C=O) groups is 2. The molecule has 2 N–H and O–H groups in total. The van der Waals surface area contributed by atoms with Crippen LogP contribution in [-0.4, -0.2) is 22.0 Å². The van der Waals surface area contributed by atoms with Gasteiger partial charge in [0.1, 0.15) is 5.82 Å². The van der Waals surface area contributed by atoms with Crippen molar-refractivity contribution in [3.05, 3.63) is 24.4 Å². The SMILES string of the molecule is O=C(O)[C@H]1C[C@H]1C(=O)Nc1ccccn1. The predicted octanol–water partition coefficient (Wildman–Crippen LogP) is 0.741. The molecule has 1 heterocycles. The minimum atomic E-state index is -0.906. The van der Waals surface area contributed by atoms with Crippen LogP contribution in [0.1, 0.15) is 6.42 Å². The van der Waals surface area contributed by atoms with Crippen molar-refractivity contribution < 1.29 is 14.7 Å². The van der Waals surface area contributed by atoms with E-state index in [0.29, 0.717) is 12.2 Å². The second kappa shape index (κ2) is 3.68. The quantitative estimate of drug-likeness (QED) is 0.764. The van der Waals surface area contributed by atoms with Gasteiger partial charge in [0, 0.05) is 6.20 Å². The van der Waals surface area contributed by atoms with Gasteiger partial charge in [-0.2, -0.15) is 0 Å². The van der Waals surface area contributed by atoms with E-state index >= 15 is 0 Å². The minimum Gasteiger partial charge on any atom is -0.481 e. The second-order valence-corrected chi connectivity index (χ2v) is 3.49. The van der Waals surface area contributed by atoms with Crippen LogP contribution in [0.2, 0.25) is 0 Å². The van der Waals surface area contributed by atoms with E-state index in [2.05, 4.69) is 10.3 Å². The first-order valence-corrected chi connectivity index (χ1v) is 4.63. The number of anilines is 1. The number of hydrogen-bond acceptors (Lipinski definition) is 3. The van der Waals surface area contributed by atoms with Crippen LogP contribution in [0.4, 0.5) is 5.82 Å². The maximum absolute atomic E-state index is 11.5. The molecule has 1 saturated carbocycles. The van der Waals surface area contributed by atoms with E-state index in [1.807, 2.05) is 0 Å². The molecule has 0 saturated heterocycles. The van der Waals surface area contributed by atoms with E-state index in [9.17, 15) is 9.59 Å². The summed E-state index contributed by atoms with van der Waals surface area (Å²) in [7, 11) is 0. The maximum Gasteiger partial charge on any atom is 0.307 e. The first-order chi connectivity index (χ1) is 7.18. The summed E-state index contributed by atoms with van der Waals surface area (Å²) in [5, 5.41) is 11.2. The van der Waals surface area contributed by atoms with Gasteiger partial charge in [-0.1, -0.05) is 6.07 Å².